The van der Waals surface area contributed by atoms with Gasteiger partial charge in [-0.05, 0) is 31.5 Å². The third-order valence-electron chi connectivity index (χ3n) is 2.34. The van der Waals surface area contributed by atoms with Crippen LogP contribution in [0.4, 0.5) is 4.39 Å². The monoisotopic (exact) mass is 238 g/mol. The molecule has 1 aromatic rings. The summed E-state index contributed by atoms with van der Waals surface area (Å²) in [6.45, 7) is 4.01. The van der Waals surface area contributed by atoms with E-state index in [4.69, 9.17) is 5.73 Å². The van der Waals surface area contributed by atoms with Crippen molar-refractivity contribution in [1.82, 2.24) is 4.90 Å². The highest BCUT2D eigenvalue weighted by Gasteiger charge is 2.19. The third-order valence-corrected chi connectivity index (χ3v) is 2.34. The molecular formula is C13H19FN2O. The predicted molar refractivity (Wildman–Crippen MR) is 65.8 cm³/mol. The molecule has 0 radical (unpaired) electrons. The predicted octanol–water partition coefficient (Wildman–Crippen LogP) is 1.91. The van der Waals surface area contributed by atoms with E-state index < -0.39 is 5.54 Å². The lowest BCUT2D eigenvalue weighted by Crippen LogP contribution is -2.39. The van der Waals surface area contributed by atoms with Crippen molar-refractivity contribution in [2.24, 2.45) is 5.73 Å². The molecule has 0 aliphatic rings. The number of hydrogen-bond acceptors (Lipinski definition) is 2. The van der Waals surface area contributed by atoms with E-state index in [1.165, 1.54) is 12.1 Å². The Morgan fingerprint density at radius 1 is 1.47 bits per heavy atom. The normalized spacial score (nSPS) is 11.4. The van der Waals surface area contributed by atoms with Crippen LogP contribution < -0.4 is 5.73 Å². The van der Waals surface area contributed by atoms with E-state index in [-0.39, 0.29) is 18.1 Å². The Morgan fingerprint density at radius 3 is 2.65 bits per heavy atom. The second-order valence-corrected chi connectivity index (χ2v) is 5.05. The lowest BCUT2D eigenvalue weighted by molar-refractivity contribution is -0.131. The van der Waals surface area contributed by atoms with Crippen LogP contribution in [0.3, 0.4) is 0 Å². The summed E-state index contributed by atoms with van der Waals surface area (Å²) in [5.41, 5.74) is 6.04. The van der Waals surface area contributed by atoms with Crippen molar-refractivity contribution < 1.29 is 9.18 Å². The van der Waals surface area contributed by atoms with E-state index in [9.17, 15) is 9.18 Å². The highest BCUT2D eigenvalue weighted by atomic mass is 19.1. The minimum atomic E-state index is -0.521. The van der Waals surface area contributed by atoms with Crippen LogP contribution in [0.5, 0.6) is 0 Å². The minimum Gasteiger partial charge on any atom is -0.341 e. The minimum absolute atomic E-state index is 0.0400. The van der Waals surface area contributed by atoms with Crippen LogP contribution in [-0.2, 0) is 11.3 Å². The molecule has 0 fully saturated rings. The van der Waals surface area contributed by atoms with Gasteiger partial charge in [0.05, 0.1) is 0 Å². The van der Waals surface area contributed by atoms with Gasteiger partial charge in [-0.1, -0.05) is 12.1 Å². The molecule has 0 saturated carbocycles. The number of benzene rings is 1. The first-order valence-corrected chi connectivity index (χ1v) is 5.55. The van der Waals surface area contributed by atoms with E-state index in [2.05, 4.69) is 0 Å². The summed E-state index contributed by atoms with van der Waals surface area (Å²) in [7, 11) is 1.69. The van der Waals surface area contributed by atoms with Gasteiger partial charge in [0.1, 0.15) is 5.82 Å². The summed E-state index contributed by atoms with van der Waals surface area (Å²) in [5.74, 6) is -0.329. The number of halogens is 1. The number of nitrogens with two attached hydrogens (primary N) is 1. The fourth-order valence-electron chi connectivity index (χ4n) is 1.52. The van der Waals surface area contributed by atoms with Crippen molar-refractivity contribution in [1.29, 1.82) is 0 Å². The smallest absolute Gasteiger partial charge is 0.224 e. The van der Waals surface area contributed by atoms with Gasteiger partial charge in [-0.25, -0.2) is 4.39 Å². The molecule has 0 heterocycles. The molecule has 0 spiro atoms. The number of hydrogen-bond donors (Lipinski definition) is 1. The average molecular weight is 238 g/mol. The Labute approximate surface area is 101 Å². The van der Waals surface area contributed by atoms with E-state index in [1.807, 2.05) is 0 Å². The van der Waals surface area contributed by atoms with Crippen LogP contribution in [0.2, 0.25) is 0 Å². The molecular weight excluding hydrogens is 219 g/mol. The van der Waals surface area contributed by atoms with Gasteiger partial charge >= 0.3 is 0 Å². The Morgan fingerprint density at radius 2 is 2.12 bits per heavy atom. The van der Waals surface area contributed by atoms with Crippen molar-refractivity contribution in [2.45, 2.75) is 32.4 Å². The number of nitrogens with zero attached hydrogens (tertiary/aromatic N) is 1. The fourth-order valence-corrected chi connectivity index (χ4v) is 1.52. The molecule has 0 unspecified atom stereocenters. The zero-order chi connectivity index (χ0) is 13.1. The molecule has 1 amide bonds. The van der Waals surface area contributed by atoms with Crippen LogP contribution in [-0.4, -0.2) is 23.4 Å². The average Bonchev–Trinajstić information content (AvgIpc) is 2.14. The van der Waals surface area contributed by atoms with E-state index >= 15 is 0 Å². The first-order chi connectivity index (χ1) is 7.78. The van der Waals surface area contributed by atoms with E-state index in [0.717, 1.165) is 5.56 Å². The molecule has 1 rings (SSSR count). The molecule has 0 aromatic heterocycles. The standard InChI is InChI=1S/C13H19FN2O/c1-13(2,15)8-12(17)16(3)9-10-5-4-6-11(14)7-10/h4-7H,8-9,15H2,1-3H3. The van der Waals surface area contributed by atoms with Crippen LogP contribution >= 0.6 is 0 Å². The van der Waals surface area contributed by atoms with Crippen molar-refractivity contribution in [3.05, 3.63) is 35.6 Å². The maximum absolute atomic E-state index is 13.0. The van der Waals surface area contributed by atoms with Crippen LogP contribution in [0.1, 0.15) is 25.8 Å². The van der Waals surface area contributed by atoms with Gasteiger partial charge in [0.15, 0.2) is 0 Å². The topological polar surface area (TPSA) is 46.3 Å². The number of carbonyl (C=O) groups is 1. The second-order valence-electron chi connectivity index (χ2n) is 5.05. The summed E-state index contributed by atoms with van der Waals surface area (Å²) in [4.78, 5) is 13.4. The first kappa shape index (κ1) is 13.6. The molecule has 1 aromatic carbocycles. The lowest BCUT2D eigenvalue weighted by atomic mass is 10.0. The van der Waals surface area contributed by atoms with E-state index in [1.54, 1.807) is 37.9 Å². The highest BCUT2D eigenvalue weighted by Crippen LogP contribution is 2.10. The Hall–Kier alpha value is -1.42. The van der Waals surface area contributed by atoms with Crippen LogP contribution in [0, 0.1) is 5.82 Å². The zero-order valence-electron chi connectivity index (χ0n) is 10.5. The van der Waals surface area contributed by atoms with Crippen molar-refractivity contribution >= 4 is 5.91 Å². The molecule has 94 valence electrons. The quantitative estimate of drug-likeness (QED) is 0.871. The van der Waals surface area contributed by atoms with Crippen molar-refractivity contribution in [2.75, 3.05) is 7.05 Å². The largest absolute Gasteiger partial charge is 0.341 e. The summed E-state index contributed by atoms with van der Waals surface area (Å²) < 4.78 is 13.0. The first-order valence-electron chi connectivity index (χ1n) is 5.55. The Kier molecular flexibility index (Phi) is 4.23. The molecule has 3 nitrogen and oxygen atoms in total. The third kappa shape index (κ3) is 4.95. The zero-order valence-corrected chi connectivity index (χ0v) is 10.5. The Bertz CT molecular complexity index is 399. The highest BCUT2D eigenvalue weighted by molar-refractivity contribution is 5.77. The molecule has 0 atom stereocenters. The number of rotatable bonds is 4. The lowest BCUT2D eigenvalue weighted by Gasteiger charge is -2.23. The van der Waals surface area contributed by atoms with Gasteiger partial charge < -0.3 is 10.6 Å². The maximum atomic E-state index is 13.0. The van der Waals surface area contributed by atoms with E-state index in [0.29, 0.717) is 6.54 Å². The molecule has 4 heteroatoms. The van der Waals surface area contributed by atoms with Gasteiger partial charge in [-0.15, -0.1) is 0 Å². The summed E-state index contributed by atoms with van der Waals surface area (Å²) >= 11 is 0. The number of carbonyl (C=O) groups excluding carboxylic acids is 1. The summed E-state index contributed by atoms with van der Waals surface area (Å²) in [6, 6.07) is 6.24. The molecule has 0 saturated heterocycles. The van der Waals surface area contributed by atoms with Gasteiger partial charge in [0.2, 0.25) is 5.91 Å². The molecule has 17 heavy (non-hydrogen) atoms. The van der Waals surface area contributed by atoms with Crippen molar-refractivity contribution in [3.8, 4) is 0 Å². The van der Waals surface area contributed by atoms with Crippen LogP contribution in [0.25, 0.3) is 0 Å². The Balaban J connectivity index is 2.60. The molecule has 2 N–H and O–H groups in total. The summed E-state index contributed by atoms with van der Waals surface area (Å²) in [6.07, 6.45) is 0.277. The molecule has 0 bridgehead atoms. The van der Waals surface area contributed by atoms with Gasteiger partial charge in [0.25, 0.3) is 0 Å². The molecule has 0 aliphatic heterocycles. The fraction of sp³-hybridized carbons (Fsp3) is 0.462. The van der Waals surface area contributed by atoms with Crippen molar-refractivity contribution in [3.63, 3.8) is 0 Å². The second kappa shape index (κ2) is 5.27. The maximum Gasteiger partial charge on any atom is 0.224 e. The molecule has 0 aliphatic carbocycles. The van der Waals surface area contributed by atoms with Crippen LogP contribution in [0.15, 0.2) is 24.3 Å². The van der Waals surface area contributed by atoms with Gasteiger partial charge in [0, 0.05) is 25.6 Å². The van der Waals surface area contributed by atoms with Gasteiger partial charge in [-0.2, -0.15) is 0 Å². The SMILES string of the molecule is CN(Cc1cccc(F)c1)C(=O)CC(C)(C)N. The summed E-state index contributed by atoms with van der Waals surface area (Å²) in [5, 5.41) is 0. The number of amides is 1. The van der Waals surface area contributed by atoms with Gasteiger partial charge in [-0.3, -0.25) is 4.79 Å².